The van der Waals surface area contributed by atoms with E-state index < -0.39 is 5.54 Å². The first-order valence-corrected chi connectivity index (χ1v) is 11.7. The van der Waals surface area contributed by atoms with Crippen molar-refractivity contribution >= 4 is 11.5 Å². The van der Waals surface area contributed by atoms with Crippen molar-refractivity contribution in [2.75, 3.05) is 38.4 Å². The van der Waals surface area contributed by atoms with E-state index in [-0.39, 0.29) is 18.0 Å². The second kappa shape index (κ2) is 8.15. The molecule has 3 aliphatic heterocycles. The van der Waals surface area contributed by atoms with Gasteiger partial charge in [0, 0.05) is 18.3 Å². The number of carbonyl (C=O) groups excluding carboxylic acids is 1. The van der Waals surface area contributed by atoms with Crippen molar-refractivity contribution in [3.05, 3.63) is 89.0 Å². The van der Waals surface area contributed by atoms with E-state index in [1.807, 2.05) is 74.6 Å². The number of anilines is 1. The number of epoxide rings is 2. The molecule has 3 unspecified atom stereocenters. The van der Waals surface area contributed by atoms with Crippen LogP contribution in [0.15, 0.2) is 66.7 Å². The minimum absolute atomic E-state index is 0.0603. The van der Waals surface area contributed by atoms with Crippen LogP contribution in [-0.4, -0.2) is 51.5 Å². The highest BCUT2D eigenvalue weighted by molar-refractivity contribution is 6.16. The van der Waals surface area contributed by atoms with Gasteiger partial charge < -0.3 is 23.8 Å². The first-order chi connectivity index (χ1) is 16.6. The van der Waals surface area contributed by atoms with Crippen LogP contribution in [0.1, 0.15) is 27.0 Å². The Balaban J connectivity index is 1.41. The third-order valence-electron chi connectivity index (χ3n) is 6.87. The Morgan fingerprint density at radius 3 is 2.21 bits per heavy atom. The fourth-order valence-electron chi connectivity index (χ4n) is 4.83. The molecule has 174 valence electrons. The molecule has 0 N–H and O–H groups in total. The fraction of sp³-hybridized carbons (Fsp3) is 0.321. The van der Waals surface area contributed by atoms with E-state index in [1.165, 1.54) is 0 Å². The Bertz CT molecular complexity index is 1230. The Morgan fingerprint density at radius 1 is 0.912 bits per heavy atom. The van der Waals surface area contributed by atoms with Crippen LogP contribution in [0.3, 0.4) is 0 Å². The third-order valence-corrected chi connectivity index (χ3v) is 6.87. The number of aryl methyl sites for hydroxylation is 1. The first-order valence-electron chi connectivity index (χ1n) is 11.7. The summed E-state index contributed by atoms with van der Waals surface area (Å²) in [6.45, 7) is 4.62. The summed E-state index contributed by atoms with van der Waals surface area (Å²) in [5, 5.41) is 0. The molecule has 0 bridgehead atoms. The van der Waals surface area contributed by atoms with E-state index in [4.69, 9.17) is 18.9 Å². The van der Waals surface area contributed by atoms with Crippen LogP contribution >= 0.6 is 0 Å². The molecule has 3 aromatic carbocycles. The number of ether oxygens (including phenoxy) is 4. The molecular weight excluding hydrogens is 430 g/mol. The number of benzene rings is 3. The zero-order chi connectivity index (χ0) is 23.3. The molecule has 0 spiro atoms. The van der Waals surface area contributed by atoms with Crippen molar-refractivity contribution in [2.45, 2.75) is 24.7 Å². The molecule has 6 nitrogen and oxygen atoms in total. The lowest BCUT2D eigenvalue weighted by Crippen LogP contribution is -2.46. The van der Waals surface area contributed by atoms with Gasteiger partial charge in [0.05, 0.1) is 13.2 Å². The van der Waals surface area contributed by atoms with Crippen LogP contribution in [0.25, 0.3) is 0 Å². The number of nitrogens with zero attached hydrogens (tertiary/aromatic N) is 1. The summed E-state index contributed by atoms with van der Waals surface area (Å²) < 4.78 is 22.3. The molecule has 0 radical (unpaired) electrons. The zero-order valence-corrected chi connectivity index (χ0v) is 19.3. The molecule has 3 heterocycles. The molecule has 6 rings (SSSR count). The van der Waals surface area contributed by atoms with Gasteiger partial charge in [-0.15, -0.1) is 0 Å². The third kappa shape index (κ3) is 3.54. The van der Waals surface area contributed by atoms with Crippen molar-refractivity contribution in [2.24, 2.45) is 0 Å². The van der Waals surface area contributed by atoms with E-state index in [2.05, 4.69) is 11.0 Å². The van der Waals surface area contributed by atoms with Crippen molar-refractivity contribution in [1.82, 2.24) is 0 Å². The van der Waals surface area contributed by atoms with Gasteiger partial charge in [0.25, 0.3) is 0 Å². The molecule has 0 aromatic heterocycles. The Kier molecular flexibility index (Phi) is 5.08. The SMILES string of the molecule is Cc1cc(C2(c3ccc(OCC4CO4)cc3)C(=O)c3ccccc3N2C)ccc1OCC1CO1. The molecule has 3 aliphatic rings. The van der Waals surface area contributed by atoms with Crippen LogP contribution in [0.4, 0.5) is 5.69 Å². The van der Waals surface area contributed by atoms with Crippen LogP contribution in [0, 0.1) is 6.92 Å². The molecular formula is C28H27NO5. The molecule has 0 amide bonds. The van der Waals surface area contributed by atoms with Crippen molar-refractivity contribution in [3.63, 3.8) is 0 Å². The monoisotopic (exact) mass is 457 g/mol. The van der Waals surface area contributed by atoms with Gasteiger partial charge >= 0.3 is 0 Å². The smallest absolute Gasteiger partial charge is 0.199 e. The Morgan fingerprint density at radius 2 is 1.56 bits per heavy atom. The van der Waals surface area contributed by atoms with Crippen molar-refractivity contribution < 1.29 is 23.7 Å². The van der Waals surface area contributed by atoms with E-state index >= 15 is 0 Å². The van der Waals surface area contributed by atoms with Gasteiger partial charge in [-0.3, -0.25) is 4.79 Å². The summed E-state index contributed by atoms with van der Waals surface area (Å²) in [6.07, 6.45) is 0.382. The number of para-hydroxylation sites is 1. The van der Waals surface area contributed by atoms with E-state index in [0.717, 1.165) is 52.7 Å². The van der Waals surface area contributed by atoms with Gasteiger partial charge in [-0.05, 0) is 60.0 Å². The second-order valence-electron chi connectivity index (χ2n) is 9.15. The summed E-state index contributed by atoms with van der Waals surface area (Å²) in [6, 6.07) is 21.7. The largest absolute Gasteiger partial charge is 0.491 e. The van der Waals surface area contributed by atoms with Gasteiger partial charge in [0.15, 0.2) is 11.3 Å². The highest BCUT2D eigenvalue weighted by atomic mass is 16.6. The average molecular weight is 458 g/mol. The molecule has 2 fully saturated rings. The maximum absolute atomic E-state index is 14.1. The van der Waals surface area contributed by atoms with Gasteiger partial charge in [0.2, 0.25) is 0 Å². The van der Waals surface area contributed by atoms with Gasteiger partial charge in [-0.1, -0.05) is 30.3 Å². The summed E-state index contributed by atoms with van der Waals surface area (Å²) in [7, 11) is 1.99. The fourth-order valence-corrected chi connectivity index (χ4v) is 4.83. The summed E-state index contributed by atoms with van der Waals surface area (Å²) in [5.74, 6) is 1.64. The number of hydrogen-bond acceptors (Lipinski definition) is 6. The van der Waals surface area contributed by atoms with Crippen LogP contribution < -0.4 is 14.4 Å². The summed E-state index contributed by atoms with van der Waals surface area (Å²) in [4.78, 5) is 16.2. The topological polar surface area (TPSA) is 63.8 Å². The van der Waals surface area contributed by atoms with Gasteiger partial charge in [-0.25, -0.2) is 0 Å². The highest BCUT2D eigenvalue weighted by Gasteiger charge is 2.52. The number of hydrogen-bond donors (Lipinski definition) is 0. The Hall–Kier alpha value is -3.35. The molecule has 0 aliphatic carbocycles. The van der Waals surface area contributed by atoms with E-state index in [1.54, 1.807) is 0 Å². The molecule has 6 heteroatoms. The second-order valence-corrected chi connectivity index (χ2v) is 9.15. The number of ketones is 1. The minimum atomic E-state index is -0.981. The lowest BCUT2D eigenvalue weighted by atomic mass is 9.78. The number of rotatable bonds is 8. The zero-order valence-electron chi connectivity index (χ0n) is 19.3. The lowest BCUT2D eigenvalue weighted by molar-refractivity contribution is 0.0928. The molecule has 2 saturated heterocycles. The van der Waals surface area contributed by atoms with Gasteiger partial charge in [0.1, 0.15) is 36.9 Å². The maximum atomic E-state index is 14.1. The van der Waals surface area contributed by atoms with Crippen LogP contribution in [-0.2, 0) is 15.0 Å². The molecule has 3 atom stereocenters. The van der Waals surface area contributed by atoms with E-state index in [0.29, 0.717) is 13.2 Å². The normalized spacial score (nSPS) is 24.6. The predicted octanol–water partition coefficient (Wildman–Crippen LogP) is 4.13. The van der Waals surface area contributed by atoms with Gasteiger partial charge in [-0.2, -0.15) is 0 Å². The molecule has 0 saturated carbocycles. The minimum Gasteiger partial charge on any atom is -0.491 e. The first kappa shape index (κ1) is 21.2. The number of Topliss-reactive ketones (excluding diaryl/α,β-unsaturated/α-hetero) is 1. The van der Waals surface area contributed by atoms with Crippen LogP contribution in [0.5, 0.6) is 11.5 Å². The molecule has 3 aromatic rings. The number of carbonyl (C=O) groups is 1. The lowest BCUT2D eigenvalue weighted by Gasteiger charge is -2.37. The Labute approximate surface area is 199 Å². The maximum Gasteiger partial charge on any atom is 0.199 e. The standard InChI is InChI=1S/C28H27NO5/c1-18-13-20(9-12-26(18)34-17-23-16-33-23)28(27(30)24-5-3-4-6-25(24)29(28)2)19-7-10-21(11-8-19)31-14-22-15-32-22/h3-13,22-23H,14-17H2,1-2H3. The number of fused-ring (bicyclic) bond motifs is 1. The van der Waals surface area contributed by atoms with Crippen molar-refractivity contribution in [3.8, 4) is 11.5 Å². The highest BCUT2D eigenvalue weighted by Crippen LogP contribution is 2.49. The number of likely N-dealkylation sites (N-methyl/N-ethyl adjacent to an activating group) is 1. The van der Waals surface area contributed by atoms with Crippen molar-refractivity contribution in [1.29, 1.82) is 0 Å². The van der Waals surface area contributed by atoms with E-state index in [9.17, 15) is 4.79 Å². The predicted molar refractivity (Wildman–Crippen MR) is 128 cm³/mol. The molecule has 34 heavy (non-hydrogen) atoms. The summed E-state index contributed by atoms with van der Waals surface area (Å²) >= 11 is 0. The summed E-state index contributed by atoms with van der Waals surface area (Å²) in [5.41, 5.74) is 3.45. The van der Waals surface area contributed by atoms with Crippen LogP contribution in [0.2, 0.25) is 0 Å². The average Bonchev–Trinajstić information content (AvgIpc) is 3.78. The quantitative estimate of drug-likeness (QED) is 0.474.